The number of rotatable bonds is 2. The van der Waals surface area contributed by atoms with Gasteiger partial charge in [0.1, 0.15) is 5.82 Å². The Morgan fingerprint density at radius 3 is 2.44 bits per heavy atom. The predicted molar refractivity (Wildman–Crippen MR) is 60.3 cm³/mol. The highest BCUT2D eigenvalue weighted by molar-refractivity contribution is 5.94. The summed E-state index contributed by atoms with van der Waals surface area (Å²) in [5.41, 5.74) is 4.85. The van der Waals surface area contributed by atoms with Crippen molar-refractivity contribution in [2.24, 2.45) is 5.73 Å². The van der Waals surface area contributed by atoms with Gasteiger partial charge in [-0.2, -0.15) is 0 Å². The molecule has 0 aliphatic rings. The third-order valence-corrected chi connectivity index (χ3v) is 2.44. The Labute approximate surface area is 101 Å². The van der Waals surface area contributed by atoms with Gasteiger partial charge in [0, 0.05) is 11.1 Å². The van der Waals surface area contributed by atoms with Crippen LogP contribution in [0, 0.1) is 17.5 Å². The van der Waals surface area contributed by atoms with Gasteiger partial charge in [-0.05, 0) is 29.8 Å². The van der Waals surface area contributed by atoms with Crippen LogP contribution in [0.1, 0.15) is 10.4 Å². The summed E-state index contributed by atoms with van der Waals surface area (Å²) in [7, 11) is 0. The molecule has 5 heteroatoms. The van der Waals surface area contributed by atoms with E-state index in [1.165, 1.54) is 18.2 Å². The van der Waals surface area contributed by atoms with Crippen LogP contribution in [0.2, 0.25) is 0 Å². The SMILES string of the molecule is NC(=O)c1cc(F)cc(-c2cccc(F)c2F)c1. The molecule has 1 amide bonds. The first-order valence-electron chi connectivity index (χ1n) is 5.04. The van der Waals surface area contributed by atoms with E-state index in [0.717, 1.165) is 18.2 Å². The molecule has 0 aliphatic heterocycles. The Morgan fingerprint density at radius 1 is 1.06 bits per heavy atom. The Hall–Kier alpha value is -2.30. The van der Waals surface area contributed by atoms with Crippen molar-refractivity contribution < 1.29 is 18.0 Å². The molecule has 0 aromatic heterocycles. The average Bonchev–Trinajstić information content (AvgIpc) is 2.31. The minimum atomic E-state index is -1.10. The van der Waals surface area contributed by atoms with Crippen molar-refractivity contribution in [1.29, 1.82) is 0 Å². The molecule has 0 saturated heterocycles. The highest BCUT2D eigenvalue weighted by atomic mass is 19.2. The van der Waals surface area contributed by atoms with Crippen LogP contribution in [0.25, 0.3) is 11.1 Å². The molecular weight excluding hydrogens is 243 g/mol. The van der Waals surface area contributed by atoms with E-state index in [4.69, 9.17) is 5.73 Å². The highest BCUT2D eigenvalue weighted by Crippen LogP contribution is 2.26. The molecule has 0 unspecified atom stereocenters. The van der Waals surface area contributed by atoms with E-state index < -0.39 is 23.4 Å². The summed E-state index contributed by atoms with van der Waals surface area (Å²) in [6.07, 6.45) is 0. The zero-order chi connectivity index (χ0) is 13.3. The number of halogens is 3. The minimum Gasteiger partial charge on any atom is -0.366 e. The number of primary amides is 1. The van der Waals surface area contributed by atoms with Crippen molar-refractivity contribution in [3.05, 3.63) is 59.4 Å². The maximum absolute atomic E-state index is 13.5. The molecule has 0 radical (unpaired) electrons. The van der Waals surface area contributed by atoms with Crippen molar-refractivity contribution in [3.63, 3.8) is 0 Å². The second-order valence-electron chi connectivity index (χ2n) is 3.69. The van der Waals surface area contributed by atoms with Gasteiger partial charge in [-0.1, -0.05) is 12.1 Å². The fourth-order valence-corrected chi connectivity index (χ4v) is 1.61. The molecule has 2 aromatic carbocycles. The molecule has 2 aromatic rings. The van der Waals surface area contributed by atoms with Crippen LogP contribution < -0.4 is 5.73 Å². The highest BCUT2D eigenvalue weighted by Gasteiger charge is 2.12. The second-order valence-corrected chi connectivity index (χ2v) is 3.69. The van der Waals surface area contributed by atoms with Crippen LogP contribution >= 0.6 is 0 Å². The number of amides is 1. The summed E-state index contributed by atoms with van der Waals surface area (Å²) in [5, 5.41) is 0. The van der Waals surface area contributed by atoms with E-state index in [-0.39, 0.29) is 16.7 Å². The van der Waals surface area contributed by atoms with E-state index in [1.807, 2.05) is 0 Å². The molecule has 0 fully saturated rings. The van der Waals surface area contributed by atoms with Gasteiger partial charge in [0.05, 0.1) is 0 Å². The fourth-order valence-electron chi connectivity index (χ4n) is 1.61. The van der Waals surface area contributed by atoms with E-state index >= 15 is 0 Å². The van der Waals surface area contributed by atoms with Crippen molar-refractivity contribution >= 4 is 5.91 Å². The second kappa shape index (κ2) is 4.52. The number of carbonyl (C=O) groups excluding carboxylic acids is 1. The van der Waals surface area contributed by atoms with Gasteiger partial charge in [-0.3, -0.25) is 4.79 Å². The van der Waals surface area contributed by atoms with Crippen molar-refractivity contribution in [3.8, 4) is 11.1 Å². The lowest BCUT2D eigenvalue weighted by Crippen LogP contribution is -2.11. The molecule has 2 nitrogen and oxygen atoms in total. The summed E-state index contributed by atoms with van der Waals surface area (Å²) in [6, 6.07) is 6.68. The molecule has 2 N–H and O–H groups in total. The Kier molecular flexibility index (Phi) is 3.06. The van der Waals surface area contributed by atoms with E-state index in [1.54, 1.807) is 0 Å². The quantitative estimate of drug-likeness (QED) is 0.876. The molecule has 0 aliphatic carbocycles. The molecule has 92 valence electrons. The smallest absolute Gasteiger partial charge is 0.248 e. The van der Waals surface area contributed by atoms with Gasteiger partial charge in [-0.25, -0.2) is 13.2 Å². The van der Waals surface area contributed by atoms with Gasteiger partial charge in [0.15, 0.2) is 11.6 Å². The molecule has 18 heavy (non-hydrogen) atoms. The lowest BCUT2D eigenvalue weighted by atomic mass is 10.0. The molecule has 0 saturated carbocycles. The predicted octanol–water partition coefficient (Wildman–Crippen LogP) is 2.87. The standard InChI is InChI=1S/C13H8F3NO/c14-9-5-7(4-8(6-9)13(17)18)10-2-1-3-11(15)12(10)16/h1-6H,(H2,17,18). The van der Waals surface area contributed by atoms with Gasteiger partial charge in [-0.15, -0.1) is 0 Å². The average molecular weight is 251 g/mol. The van der Waals surface area contributed by atoms with Crippen LogP contribution in [0.3, 0.4) is 0 Å². The third kappa shape index (κ3) is 2.20. The van der Waals surface area contributed by atoms with Crippen LogP contribution in [-0.4, -0.2) is 5.91 Å². The minimum absolute atomic E-state index is 0.0563. The number of nitrogens with two attached hydrogens (primary N) is 1. The van der Waals surface area contributed by atoms with Crippen LogP contribution in [0.5, 0.6) is 0 Å². The van der Waals surface area contributed by atoms with Crippen LogP contribution in [-0.2, 0) is 0 Å². The van der Waals surface area contributed by atoms with Crippen molar-refractivity contribution in [2.45, 2.75) is 0 Å². The lowest BCUT2D eigenvalue weighted by Gasteiger charge is -2.06. The van der Waals surface area contributed by atoms with E-state index in [0.29, 0.717) is 0 Å². The molecule has 0 bridgehead atoms. The normalized spacial score (nSPS) is 10.4. The van der Waals surface area contributed by atoms with Gasteiger partial charge in [0.2, 0.25) is 5.91 Å². The zero-order valence-corrected chi connectivity index (χ0v) is 9.08. The number of hydrogen-bond donors (Lipinski definition) is 1. The largest absolute Gasteiger partial charge is 0.366 e. The first-order chi connectivity index (χ1) is 8.49. The first-order valence-corrected chi connectivity index (χ1v) is 5.04. The Balaban J connectivity index is 2.64. The number of benzene rings is 2. The molecule has 0 spiro atoms. The van der Waals surface area contributed by atoms with Crippen LogP contribution in [0.15, 0.2) is 36.4 Å². The van der Waals surface area contributed by atoms with Gasteiger partial charge < -0.3 is 5.73 Å². The summed E-state index contributed by atoms with van der Waals surface area (Å²) in [4.78, 5) is 11.0. The maximum atomic E-state index is 13.5. The Morgan fingerprint density at radius 2 is 1.78 bits per heavy atom. The van der Waals surface area contributed by atoms with Crippen molar-refractivity contribution in [1.82, 2.24) is 0 Å². The molecule has 0 atom stereocenters. The first kappa shape index (κ1) is 12.2. The third-order valence-electron chi connectivity index (χ3n) is 2.44. The van der Waals surface area contributed by atoms with Crippen molar-refractivity contribution in [2.75, 3.05) is 0 Å². The lowest BCUT2D eigenvalue weighted by molar-refractivity contribution is 0.1000. The zero-order valence-electron chi connectivity index (χ0n) is 9.08. The fraction of sp³-hybridized carbons (Fsp3) is 0. The monoisotopic (exact) mass is 251 g/mol. The van der Waals surface area contributed by atoms with Crippen LogP contribution in [0.4, 0.5) is 13.2 Å². The van der Waals surface area contributed by atoms with Gasteiger partial charge in [0.25, 0.3) is 0 Å². The number of hydrogen-bond acceptors (Lipinski definition) is 1. The van der Waals surface area contributed by atoms with E-state index in [2.05, 4.69) is 0 Å². The summed E-state index contributed by atoms with van der Waals surface area (Å²) < 4.78 is 39.9. The molecule has 2 rings (SSSR count). The maximum Gasteiger partial charge on any atom is 0.248 e. The molecular formula is C13H8F3NO. The summed E-state index contributed by atoms with van der Waals surface area (Å²) in [6.45, 7) is 0. The topological polar surface area (TPSA) is 43.1 Å². The Bertz CT molecular complexity index is 626. The van der Waals surface area contributed by atoms with Gasteiger partial charge >= 0.3 is 0 Å². The summed E-state index contributed by atoms with van der Waals surface area (Å²) in [5.74, 6) is -3.73. The molecule has 0 heterocycles. The number of carbonyl (C=O) groups is 1. The summed E-state index contributed by atoms with van der Waals surface area (Å²) >= 11 is 0. The van der Waals surface area contributed by atoms with E-state index in [9.17, 15) is 18.0 Å².